The molecule has 3 aromatic rings. The molecule has 4 rings (SSSR count). The number of carbonyl (C=O) groups is 3. The number of halogens is 1. The highest BCUT2D eigenvalue weighted by molar-refractivity contribution is 6.34. The molecule has 1 N–H and O–H groups in total. The topological polar surface area (TPSA) is 84.3 Å². The number of imide groups is 1. The van der Waals surface area contributed by atoms with Crippen LogP contribution in [-0.2, 0) is 6.54 Å². The van der Waals surface area contributed by atoms with E-state index in [0.717, 1.165) is 16.3 Å². The molecule has 2 heterocycles. The van der Waals surface area contributed by atoms with Gasteiger partial charge in [-0.3, -0.25) is 19.1 Å². The van der Waals surface area contributed by atoms with E-state index in [4.69, 9.17) is 11.6 Å². The number of rotatable bonds is 6. The second-order valence-electron chi connectivity index (χ2n) is 7.36. The lowest BCUT2D eigenvalue weighted by Gasteiger charge is -2.15. The minimum atomic E-state index is -0.387. The number of aryl methyl sites for hydroxylation is 2. The first kappa shape index (κ1) is 20.8. The van der Waals surface area contributed by atoms with E-state index in [1.165, 1.54) is 0 Å². The predicted octanol–water partition coefficient (Wildman–Crippen LogP) is 3.77. The van der Waals surface area contributed by atoms with Crippen LogP contribution in [0.1, 0.15) is 48.9 Å². The summed E-state index contributed by atoms with van der Waals surface area (Å²) in [6.45, 7) is 4.85. The quantitative estimate of drug-likeness (QED) is 0.471. The van der Waals surface area contributed by atoms with Crippen molar-refractivity contribution in [3.05, 3.63) is 81.6 Å². The van der Waals surface area contributed by atoms with Crippen LogP contribution in [-0.4, -0.2) is 34.0 Å². The first-order valence-electron chi connectivity index (χ1n) is 9.94. The molecule has 1 aromatic heterocycles. The molecule has 0 radical (unpaired) electrons. The van der Waals surface area contributed by atoms with Gasteiger partial charge < -0.3 is 5.32 Å². The monoisotopic (exact) mass is 436 g/mol. The average molecular weight is 437 g/mol. The largest absolute Gasteiger partial charge is 0.352 e. The summed E-state index contributed by atoms with van der Waals surface area (Å²) >= 11 is 6.16. The van der Waals surface area contributed by atoms with Crippen molar-refractivity contribution in [1.29, 1.82) is 0 Å². The standard InChI is InChI=1S/C23H21ClN4O3/c1-14-20(24)15(2)27(26-14)12-6-11-25-21(29)16-7-5-8-17(13-16)28-22(30)18-9-3-4-10-19(18)23(28)31/h3-5,7-10,13H,6,11-12H2,1-2H3,(H,25,29). The lowest BCUT2D eigenvalue weighted by atomic mass is 10.1. The Morgan fingerprint density at radius 2 is 1.71 bits per heavy atom. The first-order chi connectivity index (χ1) is 14.9. The maximum Gasteiger partial charge on any atom is 0.266 e. The number of amides is 3. The minimum Gasteiger partial charge on any atom is -0.352 e. The van der Waals surface area contributed by atoms with Crippen LogP contribution in [0, 0.1) is 13.8 Å². The maximum absolute atomic E-state index is 12.7. The Balaban J connectivity index is 1.40. The zero-order valence-corrected chi connectivity index (χ0v) is 17.9. The van der Waals surface area contributed by atoms with Gasteiger partial charge in [-0.15, -0.1) is 0 Å². The van der Waals surface area contributed by atoms with Gasteiger partial charge in [-0.1, -0.05) is 29.8 Å². The summed E-state index contributed by atoms with van der Waals surface area (Å²) in [5, 5.41) is 7.90. The van der Waals surface area contributed by atoms with E-state index in [-0.39, 0.29) is 17.7 Å². The van der Waals surface area contributed by atoms with Crippen molar-refractivity contribution in [3.63, 3.8) is 0 Å². The molecule has 1 aliphatic heterocycles. The van der Waals surface area contributed by atoms with E-state index < -0.39 is 0 Å². The molecule has 0 saturated heterocycles. The minimum absolute atomic E-state index is 0.273. The Bertz CT molecular complexity index is 1170. The molecule has 0 unspecified atom stereocenters. The Labute approximate surface area is 184 Å². The molecule has 158 valence electrons. The first-order valence-corrected chi connectivity index (χ1v) is 10.3. The molecule has 2 aromatic carbocycles. The SMILES string of the molecule is Cc1nn(CCCNC(=O)c2cccc(N3C(=O)c4ccccc4C3=O)c2)c(C)c1Cl. The summed E-state index contributed by atoms with van der Waals surface area (Å²) in [5.74, 6) is -1.05. The van der Waals surface area contributed by atoms with E-state index in [1.54, 1.807) is 48.5 Å². The number of aromatic nitrogens is 2. The number of nitrogens with zero attached hydrogens (tertiary/aromatic N) is 3. The molecule has 0 bridgehead atoms. The van der Waals surface area contributed by atoms with Crippen molar-refractivity contribution in [2.75, 3.05) is 11.4 Å². The van der Waals surface area contributed by atoms with Crippen LogP contribution in [0.15, 0.2) is 48.5 Å². The van der Waals surface area contributed by atoms with Crippen molar-refractivity contribution in [3.8, 4) is 0 Å². The molecule has 7 nitrogen and oxygen atoms in total. The molecule has 0 aliphatic carbocycles. The third-order valence-electron chi connectivity index (χ3n) is 5.29. The molecule has 0 saturated carbocycles. The van der Waals surface area contributed by atoms with Crippen LogP contribution < -0.4 is 10.2 Å². The molecule has 0 fully saturated rings. The van der Waals surface area contributed by atoms with Crippen molar-refractivity contribution in [2.45, 2.75) is 26.8 Å². The van der Waals surface area contributed by atoms with E-state index in [2.05, 4.69) is 10.4 Å². The molecular formula is C23H21ClN4O3. The van der Waals surface area contributed by atoms with Crippen LogP contribution in [0.25, 0.3) is 0 Å². The molecule has 0 atom stereocenters. The number of carbonyl (C=O) groups excluding carboxylic acids is 3. The van der Waals surface area contributed by atoms with Crippen molar-refractivity contribution >= 4 is 35.0 Å². The van der Waals surface area contributed by atoms with Gasteiger partial charge in [0, 0.05) is 18.7 Å². The number of fused-ring (bicyclic) bond motifs is 1. The second-order valence-corrected chi connectivity index (χ2v) is 7.74. The van der Waals surface area contributed by atoms with Gasteiger partial charge in [0.25, 0.3) is 17.7 Å². The third kappa shape index (κ3) is 3.84. The van der Waals surface area contributed by atoms with Crippen LogP contribution in [0.2, 0.25) is 5.02 Å². The number of benzene rings is 2. The molecule has 31 heavy (non-hydrogen) atoms. The van der Waals surface area contributed by atoms with E-state index in [9.17, 15) is 14.4 Å². The van der Waals surface area contributed by atoms with Gasteiger partial charge in [-0.25, -0.2) is 4.90 Å². The van der Waals surface area contributed by atoms with Crippen LogP contribution >= 0.6 is 11.6 Å². The lowest BCUT2D eigenvalue weighted by Crippen LogP contribution is -2.30. The normalized spacial score (nSPS) is 12.9. The molecule has 3 amide bonds. The van der Waals surface area contributed by atoms with Crippen molar-refractivity contribution < 1.29 is 14.4 Å². The smallest absolute Gasteiger partial charge is 0.266 e. The van der Waals surface area contributed by atoms with Gasteiger partial charge in [0.05, 0.1) is 33.2 Å². The fraction of sp³-hybridized carbons (Fsp3) is 0.217. The molecular weight excluding hydrogens is 416 g/mol. The third-order valence-corrected chi connectivity index (χ3v) is 5.83. The van der Waals surface area contributed by atoms with Crippen LogP contribution in [0.4, 0.5) is 5.69 Å². The number of hydrogen-bond donors (Lipinski definition) is 1. The highest BCUT2D eigenvalue weighted by Crippen LogP contribution is 2.28. The zero-order valence-electron chi connectivity index (χ0n) is 17.2. The Morgan fingerprint density at radius 3 is 2.32 bits per heavy atom. The Hall–Kier alpha value is -3.45. The second kappa shape index (κ2) is 8.35. The highest BCUT2D eigenvalue weighted by atomic mass is 35.5. The molecule has 1 aliphatic rings. The predicted molar refractivity (Wildman–Crippen MR) is 118 cm³/mol. The van der Waals surface area contributed by atoms with Crippen LogP contribution in [0.3, 0.4) is 0 Å². The number of anilines is 1. The summed E-state index contributed by atoms with van der Waals surface area (Å²) in [6, 6.07) is 13.2. The van der Waals surface area contributed by atoms with Gasteiger partial charge in [0.1, 0.15) is 0 Å². The van der Waals surface area contributed by atoms with E-state index >= 15 is 0 Å². The summed E-state index contributed by atoms with van der Waals surface area (Å²) in [5.41, 5.74) is 3.17. The van der Waals surface area contributed by atoms with E-state index in [1.807, 2.05) is 18.5 Å². The van der Waals surface area contributed by atoms with Crippen molar-refractivity contribution in [2.24, 2.45) is 0 Å². The highest BCUT2D eigenvalue weighted by Gasteiger charge is 2.36. The fourth-order valence-electron chi connectivity index (χ4n) is 3.64. The summed E-state index contributed by atoms with van der Waals surface area (Å²) in [4.78, 5) is 39.0. The summed E-state index contributed by atoms with van der Waals surface area (Å²) in [6.07, 6.45) is 0.683. The summed E-state index contributed by atoms with van der Waals surface area (Å²) in [7, 11) is 0. The lowest BCUT2D eigenvalue weighted by molar-refractivity contribution is 0.0919. The summed E-state index contributed by atoms with van der Waals surface area (Å²) < 4.78 is 1.83. The average Bonchev–Trinajstić information content (AvgIpc) is 3.18. The van der Waals surface area contributed by atoms with Gasteiger partial charge >= 0.3 is 0 Å². The van der Waals surface area contributed by atoms with Gasteiger partial charge in [0.2, 0.25) is 0 Å². The van der Waals surface area contributed by atoms with Gasteiger partial charge in [-0.05, 0) is 50.6 Å². The Kier molecular flexibility index (Phi) is 5.61. The van der Waals surface area contributed by atoms with Gasteiger partial charge in [-0.2, -0.15) is 5.10 Å². The van der Waals surface area contributed by atoms with Crippen molar-refractivity contribution in [1.82, 2.24) is 15.1 Å². The number of hydrogen-bond acceptors (Lipinski definition) is 4. The fourth-order valence-corrected chi connectivity index (χ4v) is 3.77. The number of nitrogens with one attached hydrogen (secondary N) is 1. The Morgan fingerprint density at radius 1 is 1.03 bits per heavy atom. The molecule has 8 heteroatoms. The zero-order chi connectivity index (χ0) is 22.1. The van der Waals surface area contributed by atoms with Gasteiger partial charge in [0.15, 0.2) is 0 Å². The maximum atomic E-state index is 12.7. The molecule has 0 spiro atoms. The van der Waals surface area contributed by atoms with Crippen LogP contribution in [0.5, 0.6) is 0 Å². The van der Waals surface area contributed by atoms with E-state index in [0.29, 0.717) is 46.9 Å².